The highest BCUT2D eigenvalue weighted by atomic mass is 35.5. The van der Waals surface area contributed by atoms with Crippen LogP contribution in [-0.4, -0.2) is 30.3 Å². The van der Waals surface area contributed by atoms with Crippen molar-refractivity contribution in [3.8, 4) is 11.5 Å². The summed E-state index contributed by atoms with van der Waals surface area (Å²) in [6, 6.07) is 9.34. The average molecular weight is 406 g/mol. The van der Waals surface area contributed by atoms with Gasteiger partial charge in [-0.2, -0.15) is 5.10 Å². The number of hydrogen-bond donors (Lipinski definition) is 1. The zero-order valence-electron chi connectivity index (χ0n) is 15.6. The Bertz CT molecular complexity index is 899. The summed E-state index contributed by atoms with van der Waals surface area (Å²) < 4.78 is 10.9. The second-order valence-corrected chi connectivity index (χ2v) is 6.46. The lowest BCUT2D eigenvalue weighted by atomic mass is 10.1. The van der Waals surface area contributed by atoms with Crippen molar-refractivity contribution in [1.29, 1.82) is 0 Å². The van der Waals surface area contributed by atoms with Crippen molar-refractivity contribution in [2.24, 2.45) is 5.10 Å². The van der Waals surface area contributed by atoms with E-state index in [2.05, 4.69) is 10.5 Å². The number of nitro groups is 1. The standard InChI is InChI=1S/C19H20ClN3O5/c1-12(2)28-19-15(20)8-13(9-17(19)27-3)11-21-22-18(24)10-14-6-4-5-7-16(14)23(25)26/h4-9,11-12H,10H2,1-3H3,(H,22,24). The third-order valence-corrected chi connectivity index (χ3v) is 3.83. The molecule has 0 fully saturated rings. The van der Waals surface area contributed by atoms with E-state index in [0.717, 1.165) is 0 Å². The molecule has 9 heteroatoms. The van der Waals surface area contributed by atoms with Crippen LogP contribution in [0.2, 0.25) is 5.02 Å². The van der Waals surface area contributed by atoms with E-state index in [4.69, 9.17) is 21.1 Å². The van der Waals surface area contributed by atoms with Crippen LogP contribution in [0.3, 0.4) is 0 Å². The number of methoxy groups -OCH3 is 1. The second-order valence-electron chi connectivity index (χ2n) is 6.06. The van der Waals surface area contributed by atoms with Crippen LogP contribution in [0.25, 0.3) is 0 Å². The quantitative estimate of drug-likeness (QED) is 0.409. The predicted molar refractivity (Wildman–Crippen MR) is 106 cm³/mol. The Hall–Kier alpha value is -3.13. The molecule has 0 saturated carbocycles. The van der Waals surface area contributed by atoms with Gasteiger partial charge in [0, 0.05) is 11.6 Å². The number of halogens is 1. The van der Waals surface area contributed by atoms with E-state index in [1.807, 2.05) is 13.8 Å². The van der Waals surface area contributed by atoms with Crippen LogP contribution in [0.15, 0.2) is 41.5 Å². The van der Waals surface area contributed by atoms with Crippen molar-refractivity contribution in [1.82, 2.24) is 5.43 Å². The first-order valence-corrected chi connectivity index (χ1v) is 8.78. The molecule has 0 aromatic heterocycles. The summed E-state index contributed by atoms with van der Waals surface area (Å²) >= 11 is 6.24. The molecule has 28 heavy (non-hydrogen) atoms. The molecule has 0 saturated heterocycles. The molecule has 1 amide bonds. The van der Waals surface area contributed by atoms with Gasteiger partial charge in [0.1, 0.15) is 0 Å². The fraction of sp³-hybridized carbons (Fsp3) is 0.263. The van der Waals surface area contributed by atoms with E-state index in [0.29, 0.717) is 27.6 Å². The van der Waals surface area contributed by atoms with E-state index in [9.17, 15) is 14.9 Å². The summed E-state index contributed by atoms with van der Waals surface area (Å²) in [6.45, 7) is 3.75. The van der Waals surface area contributed by atoms with E-state index >= 15 is 0 Å². The Morgan fingerprint density at radius 3 is 2.71 bits per heavy atom. The topological polar surface area (TPSA) is 103 Å². The summed E-state index contributed by atoms with van der Waals surface area (Å²) in [5.74, 6) is 0.383. The van der Waals surface area contributed by atoms with Gasteiger partial charge in [0.05, 0.1) is 35.8 Å². The van der Waals surface area contributed by atoms with Gasteiger partial charge in [-0.25, -0.2) is 5.43 Å². The van der Waals surface area contributed by atoms with Crippen molar-refractivity contribution in [3.63, 3.8) is 0 Å². The van der Waals surface area contributed by atoms with Crippen molar-refractivity contribution in [3.05, 3.63) is 62.7 Å². The summed E-state index contributed by atoms with van der Waals surface area (Å²) in [5.41, 5.74) is 3.12. The van der Waals surface area contributed by atoms with Crippen LogP contribution in [-0.2, 0) is 11.2 Å². The average Bonchev–Trinajstić information content (AvgIpc) is 2.63. The maximum absolute atomic E-state index is 12.0. The summed E-state index contributed by atoms with van der Waals surface area (Å²) in [5, 5.41) is 15.2. The Morgan fingerprint density at radius 2 is 2.07 bits per heavy atom. The monoisotopic (exact) mass is 405 g/mol. The zero-order chi connectivity index (χ0) is 20.7. The molecular formula is C19H20ClN3O5. The van der Waals surface area contributed by atoms with E-state index in [1.165, 1.54) is 25.5 Å². The highest BCUT2D eigenvalue weighted by Crippen LogP contribution is 2.36. The van der Waals surface area contributed by atoms with Gasteiger partial charge in [0.15, 0.2) is 11.5 Å². The molecule has 2 rings (SSSR count). The third kappa shape index (κ3) is 5.68. The van der Waals surface area contributed by atoms with Crippen LogP contribution >= 0.6 is 11.6 Å². The molecule has 1 N–H and O–H groups in total. The van der Waals surface area contributed by atoms with E-state index < -0.39 is 10.8 Å². The molecule has 0 radical (unpaired) electrons. The molecule has 0 aliphatic heterocycles. The van der Waals surface area contributed by atoms with Crippen molar-refractivity contribution in [2.75, 3.05) is 7.11 Å². The number of nitrogens with zero attached hydrogens (tertiary/aromatic N) is 2. The van der Waals surface area contributed by atoms with Crippen LogP contribution in [0.4, 0.5) is 5.69 Å². The van der Waals surface area contributed by atoms with Crippen LogP contribution in [0.1, 0.15) is 25.0 Å². The number of para-hydroxylation sites is 1. The van der Waals surface area contributed by atoms with Crippen LogP contribution in [0.5, 0.6) is 11.5 Å². The number of ether oxygens (including phenoxy) is 2. The van der Waals surface area contributed by atoms with Gasteiger partial charge in [-0.15, -0.1) is 0 Å². The molecular weight excluding hydrogens is 386 g/mol. The van der Waals surface area contributed by atoms with Crippen molar-refractivity contribution >= 4 is 29.4 Å². The first-order chi connectivity index (χ1) is 13.3. The molecule has 0 bridgehead atoms. The number of rotatable bonds is 8. The maximum Gasteiger partial charge on any atom is 0.273 e. The molecule has 0 aliphatic rings. The predicted octanol–water partition coefficient (Wildman–Crippen LogP) is 3.74. The van der Waals surface area contributed by atoms with Gasteiger partial charge in [-0.3, -0.25) is 14.9 Å². The van der Waals surface area contributed by atoms with Crippen LogP contribution < -0.4 is 14.9 Å². The number of hydrazone groups is 1. The van der Waals surface area contributed by atoms with Gasteiger partial charge in [0.25, 0.3) is 5.69 Å². The fourth-order valence-electron chi connectivity index (χ4n) is 2.39. The van der Waals surface area contributed by atoms with E-state index in [1.54, 1.807) is 24.3 Å². The minimum atomic E-state index is -0.527. The smallest absolute Gasteiger partial charge is 0.273 e. The Balaban J connectivity index is 2.07. The van der Waals surface area contributed by atoms with Crippen LogP contribution in [0, 0.1) is 10.1 Å². The Morgan fingerprint density at radius 1 is 1.36 bits per heavy atom. The van der Waals surface area contributed by atoms with Gasteiger partial charge < -0.3 is 9.47 Å². The number of hydrogen-bond acceptors (Lipinski definition) is 6. The molecule has 0 atom stereocenters. The molecule has 0 aliphatic carbocycles. The fourth-order valence-corrected chi connectivity index (χ4v) is 2.66. The summed E-state index contributed by atoms with van der Waals surface area (Å²) in [4.78, 5) is 22.5. The van der Waals surface area contributed by atoms with Gasteiger partial charge >= 0.3 is 0 Å². The van der Waals surface area contributed by atoms with Gasteiger partial charge in [0.2, 0.25) is 5.91 Å². The first-order valence-electron chi connectivity index (χ1n) is 8.40. The molecule has 8 nitrogen and oxygen atoms in total. The second kappa shape index (κ2) is 9.70. The normalized spacial score (nSPS) is 10.9. The zero-order valence-corrected chi connectivity index (χ0v) is 16.4. The number of carbonyl (C=O) groups excluding carboxylic acids is 1. The largest absolute Gasteiger partial charge is 0.493 e. The lowest BCUT2D eigenvalue weighted by molar-refractivity contribution is -0.385. The van der Waals surface area contributed by atoms with Crippen molar-refractivity contribution < 1.29 is 19.2 Å². The molecule has 2 aromatic carbocycles. The minimum Gasteiger partial charge on any atom is -0.493 e. The molecule has 0 unspecified atom stereocenters. The Kier molecular flexibility index (Phi) is 7.34. The number of benzene rings is 2. The Labute approximate surface area is 167 Å². The molecule has 0 heterocycles. The SMILES string of the molecule is COc1cc(C=NNC(=O)Cc2ccccc2[N+](=O)[O-])cc(Cl)c1OC(C)C. The molecule has 148 valence electrons. The van der Waals surface area contributed by atoms with Crippen molar-refractivity contribution in [2.45, 2.75) is 26.4 Å². The maximum atomic E-state index is 12.0. The number of nitrogens with one attached hydrogen (secondary N) is 1. The van der Waals surface area contributed by atoms with E-state index in [-0.39, 0.29) is 18.2 Å². The summed E-state index contributed by atoms with van der Waals surface area (Å²) in [7, 11) is 1.49. The number of amides is 1. The number of carbonyl (C=O) groups is 1. The highest BCUT2D eigenvalue weighted by Gasteiger charge is 2.15. The third-order valence-electron chi connectivity index (χ3n) is 3.55. The summed E-state index contributed by atoms with van der Waals surface area (Å²) in [6.07, 6.45) is 1.15. The lowest BCUT2D eigenvalue weighted by Crippen LogP contribution is -2.20. The highest BCUT2D eigenvalue weighted by molar-refractivity contribution is 6.32. The van der Waals surface area contributed by atoms with Gasteiger partial charge in [-0.1, -0.05) is 29.8 Å². The number of nitro benzene ring substituents is 1. The molecule has 0 spiro atoms. The lowest BCUT2D eigenvalue weighted by Gasteiger charge is -2.15. The molecule has 2 aromatic rings. The minimum absolute atomic E-state index is 0.0766. The van der Waals surface area contributed by atoms with Gasteiger partial charge in [-0.05, 0) is 31.5 Å². The first kappa shape index (κ1) is 21.2.